The maximum Gasteiger partial charge on any atom is 0.260 e. The molecular weight excluding hydrogens is 588 g/mol. The Bertz CT molecular complexity index is 1330. The average molecular weight is 629 g/mol. The summed E-state index contributed by atoms with van der Waals surface area (Å²) in [7, 11) is -0.750. The summed E-state index contributed by atoms with van der Waals surface area (Å²) in [6, 6.07) is 11.8. The van der Waals surface area contributed by atoms with Crippen LogP contribution < -0.4 is 9.64 Å². The number of likely N-dealkylation sites (N-methyl/N-ethyl adjacent to an activating group) is 1. The first-order valence-electron chi connectivity index (χ1n) is 13.4. The number of para-hydroxylation sites is 1. The number of ether oxygens (including phenoxy) is 3. The van der Waals surface area contributed by atoms with Crippen LogP contribution in [-0.4, -0.2) is 102 Å². The van der Waals surface area contributed by atoms with Gasteiger partial charge in [0, 0.05) is 46.0 Å². The number of nitrogens with zero attached hydrogens (tertiary/aromatic N) is 4. The Morgan fingerprint density at radius 3 is 2.10 bits per heavy atom. The largest absolute Gasteiger partial charge is 0.492 e. The van der Waals surface area contributed by atoms with E-state index in [0.29, 0.717) is 36.1 Å². The highest BCUT2D eigenvalue weighted by molar-refractivity contribution is 7.89. The molecule has 0 radical (unpaired) electrons. The SMILES string of the molecule is CCOc1cccc2sc(N(CCN(CC)CC)C(=O)c3ccc(S(=O)(=O)N(CCOC)CCOC)cc3)nc12.Cl. The molecule has 0 unspecified atom stereocenters. The van der Waals surface area contributed by atoms with Crippen molar-refractivity contribution in [1.29, 1.82) is 0 Å². The van der Waals surface area contributed by atoms with E-state index in [4.69, 9.17) is 19.2 Å². The smallest absolute Gasteiger partial charge is 0.260 e. The first-order chi connectivity index (χ1) is 19.3. The minimum Gasteiger partial charge on any atom is -0.492 e. The van der Waals surface area contributed by atoms with Crippen molar-refractivity contribution in [2.75, 3.05) is 78.2 Å². The number of sulfonamides is 1. The molecule has 1 heterocycles. The highest BCUT2D eigenvalue weighted by Crippen LogP contribution is 2.35. The third-order valence-electron chi connectivity index (χ3n) is 6.51. The van der Waals surface area contributed by atoms with Crippen molar-refractivity contribution in [3.63, 3.8) is 0 Å². The molecule has 2 aromatic carbocycles. The number of thiazole rings is 1. The quantitative estimate of drug-likeness (QED) is 0.217. The van der Waals surface area contributed by atoms with Crippen LogP contribution in [0.5, 0.6) is 5.75 Å². The zero-order valence-electron chi connectivity index (χ0n) is 24.4. The molecule has 41 heavy (non-hydrogen) atoms. The molecule has 0 saturated carbocycles. The zero-order valence-corrected chi connectivity index (χ0v) is 26.8. The Morgan fingerprint density at radius 2 is 1.54 bits per heavy atom. The van der Waals surface area contributed by atoms with Crippen molar-refractivity contribution in [1.82, 2.24) is 14.2 Å². The van der Waals surface area contributed by atoms with E-state index < -0.39 is 10.0 Å². The van der Waals surface area contributed by atoms with Crippen molar-refractivity contribution < 1.29 is 27.4 Å². The van der Waals surface area contributed by atoms with Crippen molar-refractivity contribution in [3.8, 4) is 5.75 Å². The number of rotatable bonds is 17. The lowest BCUT2D eigenvalue weighted by Gasteiger charge is -2.25. The standard InChI is InChI=1S/C28H40N4O6S2.ClH/c1-6-30(7-2)16-17-32(28-29-26-24(38-8-3)10-9-11-25(26)39-28)27(33)22-12-14-23(15-13-22)40(34,35)31(18-20-36-4)19-21-37-5;/h9-15H,6-8,16-21H2,1-5H3;1H. The molecule has 1 amide bonds. The van der Waals surface area contributed by atoms with Gasteiger partial charge in [0.15, 0.2) is 5.13 Å². The van der Waals surface area contributed by atoms with E-state index >= 15 is 0 Å². The van der Waals surface area contributed by atoms with Crippen LogP contribution >= 0.6 is 23.7 Å². The van der Waals surface area contributed by atoms with Crippen molar-refractivity contribution >= 4 is 55.0 Å². The van der Waals surface area contributed by atoms with Gasteiger partial charge in [0.1, 0.15) is 11.3 Å². The van der Waals surface area contributed by atoms with Gasteiger partial charge in [-0.15, -0.1) is 12.4 Å². The second kappa shape index (κ2) is 17.0. The number of hydrogen-bond donors (Lipinski definition) is 0. The van der Waals surface area contributed by atoms with E-state index in [-0.39, 0.29) is 49.5 Å². The van der Waals surface area contributed by atoms with Crippen molar-refractivity contribution in [3.05, 3.63) is 48.0 Å². The molecule has 3 aromatic rings. The molecule has 1 aromatic heterocycles. The molecule has 0 N–H and O–H groups in total. The molecule has 228 valence electrons. The number of halogens is 1. The molecule has 0 aliphatic rings. The van der Waals surface area contributed by atoms with Gasteiger partial charge in [-0.25, -0.2) is 13.4 Å². The Balaban J connectivity index is 0.00000588. The number of fused-ring (bicyclic) bond motifs is 1. The maximum absolute atomic E-state index is 13.8. The highest BCUT2D eigenvalue weighted by atomic mass is 35.5. The van der Waals surface area contributed by atoms with Gasteiger partial charge in [0.25, 0.3) is 5.91 Å². The van der Waals surface area contributed by atoms with Crippen LogP contribution in [0.3, 0.4) is 0 Å². The minimum atomic E-state index is -3.80. The van der Waals surface area contributed by atoms with Crippen LogP contribution in [0, 0.1) is 0 Å². The fourth-order valence-electron chi connectivity index (χ4n) is 4.18. The average Bonchev–Trinajstić information content (AvgIpc) is 3.40. The second-order valence-electron chi connectivity index (χ2n) is 8.93. The van der Waals surface area contributed by atoms with E-state index in [9.17, 15) is 13.2 Å². The van der Waals surface area contributed by atoms with E-state index in [2.05, 4.69) is 18.7 Å². The van der Waals surface area contributed by atoms with Gasteiger partial charge < -0.3 is 19.1 Å². The predicted molar refractivity (Wildman–Crippen MR) is 166 cm³/mol. The normalized spacial score (nSPS) is 11.7. The summed E-state index contributed by atoms with van der Waals surface area (Å²) in [5.41, 5.74) is 1.10. The summed E-state index contributed by atoms with van der Waals surface area (Å²) in [4.78, 5) is 22.7. The number of anilines is 1. The predicted octanol–water partition coefficient (Wildman–Crippen LogP) is 4.39. The van der Waals surface area contributed by atoms with Gasteiger partial charge in [-0.3, -0.25) is 9.69 Å². The molecule has 0 aliphatic heterocycles. The first kappa shape index (κ1) is 34.9. The van der Waals surface area contributed by atoms with Gasteiger partial charge in [0.2, 0.25) is 10.0 Å². The van der Waals surface area contributed by atoms with Crippen LogP contribution in [0.2, 0.25) is 0 Å². The molecule has 3 rings (SSSR count). The summed E-state index contributed by atoms with van der Waals surface area (Å²) < 4.78 is 44.8. The third-order valence-corrected chi connectivity index (χ3v) is 9.47. The van der Waals surface area contributed by atoms with E-state index in [1.807, 2.05) is 25.1 Å². The lowest BCUT2D eigenvalue weighted by molar-refractivity contribution is 0.0983. The van der Waals surface area contributed by atoms with E-state index in [1.54, 1.807) is 17.0 Å². The number of carbonyl (C=O) groups is 1. The number of carbonyl (C=O) groups excluding carboxylic acids is 1. The summed E-state index contributed by atoms with van der Waals surface area (Å²) in [5.74, 6) is 0.434. The van der Waals surface area contributed by atoms with Crippen LogP contribution in [0.25, 0.3) is 10.2 Å². The van der Waals surface area contributed by atoms with Gasteiger partial charge in [-0.05, 0) is 56.4 Å². The lowest BCUT2D eigenvalue weighted by atomic mass is 10.2. The van der Waals surface area contributed by atoms with Gasteiger partial charge in [-0.2, -0.15) is 4.31 Å². The van der Waals surface area contributed by atoms with Crippen molar-refractivity contribution in [2.45, 2.75) is 25.7 Å². The maximum atomic E-state index is 13.8. The molecule has 0 fully saturated rings. The molecule has 0 aliphatic carbocycles. The molecule has 0 bridgehead atoms. The summed E-state index contributed by atoms with van der Waals surface area (Å²) >= 11 is 1.43. The number of hydrogen-bond acceptors (Lipinski definition) is 9. The molecule has 13 heteroatoms. The van der Waals surface area contributed by atoms with Gasteiger partial charge >= 0.3 is 0 Å². The monoisotopic (exact) mass is 628 g/mol. The molecule has 10 nitrogen and oxygen atoms in total. The molecular formula is C28H41ClN4O6S2. The number of benzene rings is 2. The van der Waals surface area contributed by atoms with Gasteiger partial charge in [-0.1, -0.05) is 31.3 Å². The van der Waals surface area contributed by atoms with Crippen LogP contribution in [0.1, 0.15) is 31.1 Å². The first-order valence-corrected chi connectivity index (χ1v) is 15.7. The summed E-state index contributed by atoms with van der Waals surface area (Å²) in [5, 5.41) is 0.571. The molecule has 0 spiro atoms. The summed E-state index contributed by atoms with van der Waals surface area (Å²) in [6.07, 6.45) is 0. The highest BCUT2D eigenvalue weighted by Gasteiger charge is 2.26. The fraction of sp³-hybridized carbons (Fsp3) is 0.500. The lowest BCUT2D eigenvalue weighted by Crippen LogP contribution is -2.39. The third kappa shape index (κ3) is 8.84. The van der Waals surface area contributed by atoms with Gasteiger partial charge in [0.05, 0.1) is 29.4 Å². The number of methoxy groups -OCH3 is 2. The van der Waals surface area contributed by atoms with E-state index in [0.717, 1.165) is 23.3 Å². The molecule has 0 atom stereocenters. The van der Waals surface area contributed by atoms with Crippen molar-refractivity contribution in [2.24, 2.45) is 0 Å². The zero-order chi connectivity index (χ0) is 29.1. The van der Waals surface area contributed by atoms with Crippen LogP contribution in [-0.2, 0) is 19.5 Å². The fourth-order valence-corrected chi connectivity index (χ4v) is 6.59. The molecule has 0 saturated heterocycles. The minimum absolute atomic E-state index is 0. The Morgan fingerprint density at radius 1 is 0.902 bits per heavy atom. The van der Waals surface area contributed by atoms with E-state index in [1.165, 1.54) is 42.0 Å². The number of aromatic nitrogens is 1. The Hall–Kier alpha value is -2.32. The summed E-state index contributed by atoms with van der Waals surface area (Å²) in [6.45, 7) is 10.4. The van der Waals surface area contributed by atoms with Crippen LogP contribution in [0.4, 0.5) is 5.13 Å². The number of amides is 1. The topological polar surface area (TPSA) is 102 Å². The second-order valence-corrected chi connectivity index (χ2v) is 11.9. The Labute approximate surface area is 253 Å². The Kier molecular flexibility index (Phi) is 14.4. The van der Waals surface area contributed by atoms with Crippen LogP contribution in [0.15, 0.2) is 47.4 Å².